The Hall–Kier alpha value is -4.30. The molecule has 1 aliphatic rings. The Kier molecular flexibility index (Phi) is 6.25. The molecule has 0 saturated carbocycles. The van der Waals surface area contributed by atoms with Gasteiger partial charge in [0.1, 0.15) is 17.3 Å². The van der Waals surface area contributed by atoms with Crippen LogP contribution < -0.4 is 5.32 Å². The highest BCUT2D eigenvalue weighted by Gasteiger charge is 2.29. The van der Waals surface area contributed by atoms with Gasteiger partial charge in [0.15, 0.2) is 9.84 Å². The van der Waals surface area contributed by atoms with E-state index in [1.807, 2.05) is 36.4 Å². The van der Waals surface area contributed by atoms with Crippen LogP contribution in [0.2, 0.25) is 0 Å². The van der Waals surface area contributed by atoms with E-state index < -0.39 is 26.7 Å². The Balaban J connectivity index is 1.74. The van der Waals surface area contributed by atoms with Crippen molar-refractivity contribution < 1.29 is 18.1 Å². The van der Waals surface area contributed by atoms with Crippen LogP contribution in [0.15, 0.2) is 66.4 Å². The standard InChI is InChI=1S/C23H19N5O5S/c24-13-17(23(29)25-19-9-10-34(32,33)15-19)11-18-14-27(20-6-2-1-3-7-20)26-22(18)16-5-4-8-21(12-16)28(30)31/h1-8,11-12,14,19H,9-10,15H2,(H,25,29)/b17-11+. The first-order valence-electron chi connectivity index (χ1n) is 10.3. The highest BCUT2D eigenvalue weighted by Crippen LogP contribution is 2.28. The minimum Gasteiger partial charge on any atom is -0.348 e. The number of non-ortho nitro benzene ring substituents is 1. The van der Waals surface area contributed by atoms with Gasteiger partial charge in [-0.15, -0.1) is 0 Å². The smallest absolute Gasteiger partial charge is 0.270 e. The lowest BCUT2D eigenvalue weighted by Gasteiger charge is -2.09. The van der Waals surface area contributed by atoms with Gasteiger partial charge in [0, 0.05) is 35.5 Å². The maximum atomic E-state index is 12.7. The van der Waals surface area contributed by atoms with Crippen molar-refractivity contribution in [2.24, 2.45) is 0 Å². The molecule has 1 N–H and O–H groups in total. The summed E-state index contributed by atoms with van der Waals surface area (Å²) >= 11 is 0. The van der Waals surface area contributed by atoms with Gasteiger partial charge in [-0.1, -0.05) is 30.3 Å². The Labute approximate surface area is 195 Å². The third-order valence-corrected chi connectivity index (χ3v) is 7.09. The summed E-state index contributed by atoms with van der Waals surface area (Å²) in [5.74, 6) is -0.867. The Morgan fingerprint density at radius 1 is 1.24 bits per heavy atom. The van der Waals surface area contributed by atoms with Crippen LogP contribution in [0.5, 0.6) is 0 Å². The zero-order valence-corrected chi connectivity index (χ0v) is 18.6. The Morgan fingerprint density at radius 3 is 2.65 bits per heavy atom. The molecule has 1 saturated heterocycles. The Morgan fingerprint density at radius 2 is 2.00 bits per heavy atom. The average molecular weight is 478 g/mol. The van der Waals surface area contributed by atoms with Crippen molar-refractivity contribution in [2.45, 2.75) is 12.5 Å². The summed E-state index contributed by atoms with van der Waals surface area (Å²) in [6.07, 6.45) is 3.26. The molecule has 1 aliphatic heterocycles. The van der Waals surface area contributed by atoms with Gasteiger partial charge in [-0.3, -0.25) is 14.9 Å². The van der Waals surface area contributed by atoms with Crippen molar-refractivity contribution in [3.05, 3.63) is 82.0 Å². The molecule has 0 aliphatic carbocycles. The van der Waals surface area contributed by atoms with Crippen LogP contribution in [0.25, 0.3) is 23.0 Å². The predicted octanol–water partition coefficient (Wildman–Crippen LogP) is 2.66. The predicted molar refractivity (Wildman–Crippen MR) is 124 cm³/mol. The van der Waals surface area contributed by atoms with Gasteiger partial charge >= 0.3 is 0 Å². The number of rotatable bonds is 6. The number of nitro benzene ring substituents is 1. The van der Waals surface area contributed by atoms with E-state index in [9.17, 15) is 28.6 Å². The number of sulfone groups is 1. The molecule has 1 aromatic heterocycles. The second kappa shape index (κ2) is 9.29. The van der Waals surface area contributed by atoms with Crippen molar-refractivity contribution in [3.63, 3.8) is 0 Å². The van der Waals surface area contributed by atoms with Crippen LogP contribution in [-0.4, -0.2) is 46.6 Å². The number of carbonyl (C=O) groups excluding carboxylic acids is 1. The number of amides is 1. The van der Waals surface area contributed by atoms with Crippen LogP contribution in [-0.2, 0) is 14.6 Å². The summed E-state index contributed by atoms with van der Waals surface area (Å²) in [6.45, 7) is 0. The highest BCUT2D eigenvalue weighted by atomic mass is 32.2. The molecule has 11 heteroatoms. The number of benzene rings is 2. The van der Waals surface area contributed by atoms with E-state index in [2.05, 4.69) is 10.4 Å². The number of para-hydroxylation sites is 1. The molecular formula is C23H19N5O5S. The summed E-state index contributed by atoms with van der Waals surface area (Å²) < 4.78 is 24.9. The molecule has 2 heterocycles. The van der Waals surface area contributed by atoms with Gasteiger partial charge in [0.2, 0.25) is 0 Å². The number of aromatic nitrogens is 2. The number of hydrogen-bond acceptors (Lipinski definition) is 7. The zero-order chi connectivity index (χ0) is 24.3. The van der Waals surface area contributed by atoms with Crippen LogP contribution in [0.4, 0.5) is 5.69 Å². The lowest BCUT2D eigenvalue weighted by atomic mass is 10.0. The third-order valence-electron chi connectivity index (χ3n) is 5.33. The van der Waals surface area contributed by atoms with E-state index in [1.54, 1.807) is 16.9 Å². The van der Waals surface area contributed by atoms with Gasteiger partial charge in [0.25, 0.3) is 11.6 Å². The van der Waals surface area contributed by atoms with Gasteiger partial charge in [-0.25, -0.2) is 13.1 Å². The molecule has 0 spiro atoms. The first-order chi connectivity index (χ1) is 16.3. The molecule has 1 unspecified atom stereocenters. The van der Waals surface area contributed by atoms with E-state index in [0.717, 1.165) is 0 Å². The molecule has 4 rings (SSSR count). The van der Waals surface area contributed by atoms with Crippen molar-refractivity contribution >= 4 is 27.5 Å². The van der Waals surface area contributed by atoms with Gasteiger partial charge in [0.05, 0.1) is 22.1 Å². The van der Waals surface area contributed by atoms with E-state index >= 15 is 0 Å². The Bertz CT molecular complexity index is 1440. The average Bonchev–Trinajstić information content (AvgIpc) is 3.40. The molecule has 1 atom stereocenters. The fourth-order valence-electron chi connectivity index (χ4n) is 3.67. The second-order valence-corrected chi connectivity index (χ2v) is 9.99. The van der Waals surface area contributed by atoms with Gasteiger partial charge in [-0.05, 0) is 24.6 Å². The fraction of sp³-hybridized carbons (Fsp3) is 0.174. The minimum absolute atomic E-state index is 0.00959. The normalized spacial score (nSPS) is 17.1. The lowest BCUT2D eigenvalue weighted by Crippen LogP contribution is -2.36. The number of carbonyl (C=O) groups is 1. The van der Waals surface area contributed by atoms with Crippen molar-refractivity contribution in [1.29, 1.82) is 5.26 Å². The number of nitro groups is 1. The number of nitrogens with one attached hydrogen (secondary N) is 1. The monoisotopic (exact) mass is 477 g/mol. The SMILES string of the molecule is N#C/C(=C\c1cn(-c2ccccc2)nc1-c1cccc([N+](=O)[O-])c1)C(=O)NC1CCS(=O)(=O)C1. The summed E-state index contributed by atoms with van der Waals surface area (Å²) in [6, 6.07) is 16.3. The van der Waals surface area contributed by atoms with Gasteiger partial charge < -0.3 is 5.32 Å². The van der Waals surface area contributed by atoms with E-state index in [1.165, 1.54) is 24.3 Å². The molecule has 1 amide bonds. The fourth-order valence-corrected chi connectivity index (χ4v) is 5.35. The molecular weight excluding hydrogens is 458 g/mol. The van der Waals surface area contributed by atoms with Crippen LogP contribution >= 0.6 is 0 Å². The quantitative estimate of drug-likeness (QED) is 0.248. The van der Waals surface area contributed by atoms with Gasteiger partial charge in [-0.2, -0.15) is 10.4 Å². The van der Waals surface area contributed by atoms with E-state index in [-0.39, 0.29) is 29.2 Å². The minimum atomic E-state index is -3.20. The highest BCUT2D eigenvalue weighted by molar-refractivity contribution is 7.91. The largest absolute Gasteiger partial charge is 0.348 e. The number of nitrogens with zero attached hydrogens (tertiary/aromatic N) is 4. The maximum Gasteiger partial charge on any atom is 0.270 e. The molecule has 34 heavy (non-hydrogen) atoms. The van der Waals surface area contributed by atoms with Crippen LogP contribution in [0.1, 0.15) is 12.0 Å². The molecule has 172 valence electrons. The second-order valence-electron chi connectivity index (χ2n) is 7.76. The molecule has 0 radical (unpaired) electrons. The number of nitriles is 1. The van der Waals surface area contributed by atoms with E-state index in [0.29, 0.717) is 22.5 Å². The summed E-state index contributed by atoms with van der Waals surface area (Å²) in [5.41, 5.74) is 1.54. The summed E-state index contributed by atoms with van der Waals surface area (Å²) in [7, 11) is -3.20. The zero-order valence-electron chi connectivity index (χ0n) is 17.8. The van der Waals surface area contributed by atoms with Crippen LogP contribution in [0, 0.1) is 21.4 Å². The molecule has 1 fully saturated rings. The van der Waals surface area contributed by atoms with Crippen molar-refractivity contribution in [3.8, 4) is 23.0 Å². The van der Waals surface area contributed by atoms with E-state index in [4.69, 9.17) is 0 Å². The lowest BCUT2D eigenvalue weighted by molar-refractivity contribution is -0.384. The third kappa shape index (κ3) is 5.02. The topological polar surface area (TPSA) is 148 Å². The summed E-state index contributed by atoms with van der Waals surface area (Å²) in [5, 5.41) is 28.0. The molecule has 3 aromatic rings. The first-order valence-corrected chi connectivity index (χ1v) is 12.1. The van der Waals surface area contributed by atoms with Crippen molar-refractivity contribution in [2.75, 3.05) is 11.5 Å². The number of hydrogen-bond donors (Lipinski definition) is 1. The molecule has 2 aromatic carbocycles. The van der Waals surface area contributed by atoms with Crippen LogP contribution in [0.3, 0.4) is 0 Å². The maximum absolute atomic E-state index is 12.7. The first kappa shape index (κ1) is 22.9. The molecule has 0 bridgehead atoms. The summed E-state index contributed by atoms with van der Waals surface area (Å²) in [4.78, 5) is 23.4. The van der Waals surface area contributed by atoms with Crippen molar-refractivity contribution in [1.82, 2.24) is 15.1 Å². The molecule has 10 nitrogen and oxygen atoms in total.